The summed E-state index contributed by atoms with van der Waals surface area (Å²) in [7, 11) is 0. The summed E-state index contributed by atoms with van der Waals surface area (Å²) in [5, 5.41) is 10.4. The molecule has 2 rings (SSSR count). The lowest BCUT2D eigenvalue weighted by Crippen LogP contribution is -1.93. The normalized spacial score (nSPS) is 10.2. The molecule has 0 atom stereocenters. The molecule has 4 nitrogen and oxygen atoms in total. The lowest BCUT2D eigenvalue weighted by molar-refractivity contribution is -0.385. The molecule has 0 unspecified atom stereocenters. The highest BCUT2D eigenvalue weighted by Crippen LogP contribution is 2.23. The minimum atomic E-state index is -1.02. The molecule has 1 aromatic heterocycles. The summed E-state index contributed by atoms with van der Waals surface area (Å²) in [6, 6.07) is 6.15. The Bertz CT molecular complexity index is 570. The monoisotopic (exact) mass is 236 g/mol. The number of hydrogen-bond donors (Lipinski definition) is 0. The molecule has 0 amide bonds. The molecule has 0 saturated heterocycles. The Morgan fingerprint density at radius 1 is 1.18 bits per heavy atom. The van der Waals surface area contributed by atoms with Gasteiger partial charge in [-0.2, -0.15) is 0 Å². The summed E-state index contributed by atoms with van der Waals surface area (Å²) in [5.41, 5.74) is -0.0851. The largest absolute Gasteiger partial charge is 0.287 e. The summed E-state index contributed by atoms with van der Waals surface area (Å²) >= 11 is 0. The molecule has 0 aliphatic rings. The van der Waals surface area contributed by atoms with Crippen LogP contribution in [0, 0.1) is 21.7 Å². The number of aromatic nitrogens is 1. The minimum absolute atomic E-state index is 0.0279. The van der Waals surface area contributed by atoms with E-state index in [-0.39, 0.29) is 16.9 Å². The van der Waals surface area contributed by atoms with Gasteiger partial charge in [-0.05, 0) is 18.2 Å². The van der Waals surface area contributed by atoms with Crippen molar-refractivity contribution in [2.24, 2.45) is 0 Å². The molecule has 0 fully saturated rings. The quantitative estimate of drug-likeness (QED) is 0.595. The lowest BCUT2D eigenvalue weighted by atomic mass is 10.1. The van der Waals surface area contributed by atoms with Crippen LogP contribution in [0.4, 0.5) is 14.5 Å². The third-order valence-electron chi connectivity index (χ3n) is 2.19. The van der Waals surface area contributed by atoms with Crippen molar-refractivity contribution in [2.75, 3.05) is 0 Å². The van der Waals surface area contributed by atoms with Crippen molar-refractivity contribution in [1.82, 2.24) is 4.98 Å². The van der Waals surface area contributed by atoms with Crippen LogP contribution >= 0.6 is 0 Å². The highest BCUT2D eigenvalue weighted by Gasteiger charge is 2.12. The fraction of sp³-hybridized carbons (Fsp3) is 0. The average Bonchev–Trinajstić information content (AvgIpc) is 2.33. The average molecular weight is 236 g/mol. The predicted octanol–water partition coefficient (Wildman–Crippen LogP) is 2.94. The fourth-order valence-corrected chi connectivity index (χ4v) is 1.35. The molecule has 1 heterocycles. The standard InChI is InChI=1S/C11H6F2N2O2/c12-9-3-1-2-8(11(9)13)10-5-4-7(6-14-10)15(16)17/h1-6H. The molecular formula is C11H6F2N2O2. The van der Waals surface area contributed by atoms with Gasteiger partial charge >= 0.3 is 0 Å². The zero-order valence-electron chi connectivity index (χ0n) is 8.43. The van der Waals surface area contributed by atoms with Crippen molar-refractivity contribution >= 4 is 5.69 Å². The van der Waals surface area contributed by atoms with E-state index in [0.717, 1.165) is 12.3 Å². The first-order valence-corrected chi connectivity index (χ1v) is 4.64. The number of halogens is 2. The van der Waals surface area contributed by atoms with E-state index in [1.807, 2.05) is 0 Å². The first-order valence-electron chi connectivity index (χ1n) is 4.64. The smallest absolute Gasteiger partial charge is 0.258 e. The van der Waals surface area contributed by atoms with E-state index in [9.17, 15) is 18.9 Å². The van der Waals surface area contributed by atoms with Crippen LogP contribution in [0.5, 0.6) is 0 Å². The Kier molecular flexibility index (Phi) is 2.78. The Balaban J connectivity index is 2.47. The molecule has 2 aromatic rings. The maximum Gasteiger partial charge on any atom is 0.287 e. The molecule has 0 aliphatic carbocycles. The van der Waals surface area contributed by atoms with Crippen molar-refractivity contribution in [3.05, 3.63) is 58.3 Å². The molecular weight excluding hydrogens is 230 g/mol. The van der Waals surface area contributed by atoms with E-state index < -0.39 is 16.6 Å². The number of hydrogen-bond acceptors (Lipinski definition) is 3. The highest BCUT2D eigenvalue weighted by atomic mass is 19.2. The van der Waals surface area contributed by atoms with Crippen LogP contribution in [0.25, 0.3) is 11.3 Å². The van der Waals surface area contributed by atoms with Crippen LogP contribution in [0.1, 0.15) is 0 Å². The van der Waals surface area contributed by atoms with Crippen LogP contribution in [0.15, 0.2) is 36.5 Å². The van der Waals surface area contributed by atoms with Gasteiger partial charge in [-0.15, -0.1) is 0 Å². The Morgan fingerprint density at radius 2 is 1.94 bits per heavy atom. The third kappa shape index (κ3) is 2.10. The van der Waals surface area contributed by atoms with Crippen LogP contribution in [-0.2, 0) is 0 Å². The second-order valence-electron chi connectivity index (χ2n) is 3.26. The van der Waals surface area contributed by atoms with Crippen molar-refractivity contribution in [1.29, 1.82) is 0 Å². The van der Waals surface area contributed by atoms with Gasteiger partial charge < -0.3 is 0 Å². The number of nitro groups is 1. The second kappa shape index (κ2) is 4.25. The van der Waals surface area contributed by atoms with E-state index in [0.29, 0.717) is 0 Å². The fourth-order valence-electron chi connectivity index (χ4n) is 1.35. The van der Waals surface area contributed by atoms with Gasteiger partial charge in [-0.1, -0.05) is 6.07 Å². The van der Waals surface area contributed by atoms with Gasteiger partial charge in [0.05, 0.1) is 10.6 Å². The third-order valence-corrected chi connectivity index (χ3v) is 2.19. The SMILES string of the molecule is O=[N+]([O-])c1ccc(-c2cccc(F)c2F)nc1. The molecule has 1 aromatic carbocycles. The van der Waals surface area contributed by atoms with E-state index in [2.05, 4.69) is 4.98 Å². The first kappa shape index (κ1) is 11.1. The van der Waals surface area contributed by atoms with Crippen LogP contribution < -0.4 is 0 Å². The number of rotatable bonds is 2. The van der Waals surface area contributed by atoms with Crippen LogP contribution in [0.3, 0.4) is 0 Å². The van der Waals surface area contributed by atoms with Crippen molar-refractivity contribution in [2.45, 2.75) is 0 Å². The van der Waals surface area contributed by atoms with Gasteiger partial charge in [0, 0.05) is 11.6 Å². The highest BCUT2D eigenvalue weighted by molar-refractivity contribution is 5.60. The molecule has 0 N–H and O–H groups in total. The van der Waals surface area contributed by atoms with E-state index in [1.54, 1.807) is 0 Å². The summed E-state index contributed by atoms with van der Waals surface area (Å²) in [5.74, 6) is -2.00. The molecule has 0 radical (unpaired) electrons. The zero-order chi connectivity index (χ0) is 12.4. The lowest BCUT2D eigenvalue weighted by Gasteiger charge is -2.02. The predicted molar refractivity (Wildman–Crippen MR) is 56.2 cm³/mol. The van der Waals surface area contributed by atoms with Gasteiger partial charge in [0.25, 0.3) is 5.69 Å². The summed E-state index contributed by atoms with van der Waals surface area (Å²) < 4.78 is 26.4. The summed E-state index contributed by atoms with van der Waals surface area (Å²) in [4.78, 5) is 13.5. The maximum atomic E-state index is 13.4. The second-order valence-corrected chi connectivity index (χ2v) is 3.26. The molecule has 0 saturated carbocycles. The van der Waals surface area contributed by atoms with Gasteiger partial charge in [-0.3, -0.25) is 10.1 Å². The van der Waals surface area contributed by atoms with Crippen molar-refractivity contribution < 1.29 is 13.7 Å². The first-order chi connectivity index (χ1) is 8.09. The zero-order valence-corrected chi connectivity index (χ0v) is 8.43. The molecule has 0 aliphatic heterocycles. The Morgan fingerprint density at radius 3 is 2.53 bits per heavy atom. The maximum absolute atomic E-state index is 13.4. The minimum Gasteiger partial charge on any atom is -0.258 e. The van der Waals surface area contributed by atoms with Gasteiger partial charge in [-0.25, -0.2) is 13.8 Å². The van der Waals surface area contributed by atoms with Crippen LogP contribution in [0.2, 0.25) is 0 Å². The molecule has 0 spiro atoms. The van der Waals surface area contributed by atoms with Gasteiger partial charge in [0.15, 0.2) is 11.6 Å². The van der Waals surface area contributed by atoms with Gasteiger partial charge in [0.1, 0.15) is 6.20 Å². The van der Waals surface area contributed by atoms with E-state index >= 15 is 0 Å². The van der Waals surface area contributed by atoms with Crippen molar-refractivity contribution in [3.63, 3.8) is 0 Å². The van der Waals surface area contributed by atoms with Gasteiger partial charge in [0.2, 0.25) is 0 Å². The molecule has 86 valence electrons. The van der Waals surface area contributed by atoms with Crippen LogP contribution in [-0.4, -0.2) is 9.91 Å². The molecule has 17 heavy (non-hydrogen) atoms. The molecule has 6 heteroatoms. The Labute approximate surface area is 94.7 Å². The van der Waals surface area contributed by atoms with E-state index in [4.69, 9.17) is 0 Å². The molecule has 0 bridgehead atoms. The number of pyridine rings is 1. The summed E-state index contributed by atoms with van der Waals surface area (Å²) in [6.45, 7) is 0. The summed E-state index contributed by atoms with van der Waals surface area (Å²) in [6.07, 6.45) is 1.000. The number of nitrogens with zero attached hydrogens (tertiary/aromatic N) is 2. The topological polar surface area (TPSA) is 56.0 Å². The Hall–Kier alpha value is -2.37. The number of benzene rings is 1. The van der Waals surface area contributed by atoms with E-state index in [1.165, 1.54) is 24.3 Å². The van der Waals surface area contributed by atoms with Crippen molar-refractivity contribution in [3.8, 4) is 11.3 Å².